The Hall–Kier alpha value is -1.84. The number of carbonyl (C=O) groups excluding carboxylic acids is 1. The minimum Gasteiger partial charge on any atom is -0.481 e. The molecule has 1 N–H and O–H groups in total. The smallest absolute Gasteiger partial charge is 0.306 e. The molecule has 1 amide bonds. The van der Waals surface area contributed by atoms with E-state index in [1.807, 2.05) is 4.90 Å². The van der Waals surface area contributed by atoms with Crippen LogP contribution in [0.15, 0.2) is 24.3 Å². The normalized spacial score (nSPS) is 22.2. The number of rotatable bonds is 3. The maximum Gasteiger partial charge on any atom is 0.306 e. The van der Waals surface area contributed by atoms with E-state index < -0.39 is 5.97 Å². The van der Waals surface area contributed by atoms with Crippen LogP contribution in [0.3, 0.4) is 0 Å². The van der Waals surface area contributed by atoms with Gasteiger partial charge in [0.1, 0.15) is 0 Å². The molecule has 1 fully saturated rings. The van der Waals surface area contributed by atoms with E-state index in [1.54, 1.807) is 0 Å². The Bertz CT molecular complexity index is 561. The summed E-state index contributed by atoms with van der Waals surface area (Å²) in [6, 6.07) is 8.50. The van der Waals surface area contributed by atoms with Crippen LogP contribution in [0.1, 0.15) is 36.8 Å². The number of carboxylic acids is 1. The van der Waals surface area contributed by atoms with Crippen LogP contribution in [0.2, 0.25) is 0 Å². The SMILES string of the molecule is O=C(O)C1CCN(C(=O)CC2CCc3ccccc3C2)CC1. The first-order valence-corrected chi connectivity index (χ1v) is 8.21. The van der Waals surface area contributed by atoms with Gasteiger partial charge in [-0.1, -0.05) is 24.3 Å². The molecule has 1 aliphatic heterocycles. The number of nitrogens with zero attached hydrogens (tertiary/aromatic N) is 1. The standard InChI is InChI=1S/C18H23NO3/c20-17(19-9-7-15(8-10-19)18(21)22)12-13-5-6-14-3-1-2-4-16(14)11-13/h1-4,13,15H,5-12H2,(H,21,22). The number of piperidine rings is 1. The van der Waals surface area contributed by atoms with Gasteiger partial charge in [0.2, 0.25) is 5.91 Å². The Morgan fingerprint density at radius 1 is 1.09 bits per heavy atom. The molecule has 2 aliphatic rings. The summed E-state index contributed by atoms with van der Waals surface area (Å²) in [4.78, 5) is 25.3. The Labute approximate surface area is 131 Å². The molecule has 0 radical (unpaired) electrons. The number of likely N-dealkylation sites (tertiary alicyclic amines) is 1. The second kappa shape index (κ2) is 6.51. The van der Waals surface area contributed by atoms with Crippen LogP contribution in [-0.4, -0.2) is 35.0 Å². The minimum absolute atomic E-state index is 0.202. The van der Waals surface area contributed by atoms with Crippen molar-refractivity contribution in [3.05, 3.63) is 35.4 Å². The van der Waals surface area contributed by atoms with Gasteiger partial charge in [-0.3, -0.25) is 9.59 Å². The van der Waals surface area contributed by atoms with Crippen molar-refractivity contribution in [2.45, 2.75) is 38.5 Å². The molecule has 1 aromatic carbocycles. The minimum atomic E-state index is -0.726. The molecule has 22 heavy (non-hydrogen) atoms. The average molecular weight is 301 g/mol. The van der Waals surface area contributed by atoms with Gasteiger partial charge in [0.15, 0.2) is 0 Å². The fourth-order valence-electron chi connectivity index (χ4n) is 3.70. The van der Waals surface area contributed by atoms with Crippen molar-refractivity contribution in [1.82, 2.24) is 4.90 Å². The first kappa shape index (κ1) is 15.1. The lowest BCUT2D eigenvalue weighted by molar-refractivity contribution is -0.146. The molecule has 1 aliphatic carbocycles. The largest absolute Gasteiger partial charge is 0.481 e. The third kappa shape index (κ3) is 3.32. The summed E-state index contributed by atoms with van der Waals surface area (Å²) in [6.07, 6.45) is 4.92. The van der Waals surface area contributed by atoms with E-state index in [2.05, 4.69) is 24.3 Å². The van der Waals surface area contributed by atoms with E-state index in [4.69, 9.17) is 5.11 Å². The number of benzene rings is 1. The van der Waals surface area contributed by atoms with Crippen LogP contribution in [0.5, 0.6) is 0 Å². The van der Waals surface area contributed by atoms with E-state index in [9.17, 15) is 9.59 Å². The summed E-state index contributed by atoms with van der Waals surface area (Å²) in [5.74, 6) is -0.366. The van der Waals surface area contributed by atoms with Gasteiger partial charge in [-0.15, -0.1) is 0 Å². The molecular weight excluding hydrogens is 278 g/mol. The molecular formula is C18H23NO3. The molecule has 1 atom stereocenters. The number of aliphatic carboxylic acids is 1. The molecule has 0 saturated carbocycles. The molecule has 4 heteroatoms. The van der Waals surface area contributed by atoms with Crippen molar-refractivity contribution in [2.75, 3.05) is 13.1 Å². The molecule has 1 saturated heterocycles. The Balaban J connectivity index is 1.52. The van der Waals surface area contributed by atoms with E-state index in [1.165, 1.54) is 11.1 Å². The van der Waals surface area contributed by atoms with Crippen molar-refractivity contribution in [3.63, 3.8) is 0 Å². The van der Waals surface area contributed by atoms with Crippen LogP contribution >= 0.6 is 0 Å². The third-order valence-electron chi connectivity index (χ3n) is 5.11. The van der Waals surface area contributed by atoms with Gasteiger partial charge in [0.25, 0.3) is 0 Å². The number of aryl methyl sites for hydroxylation is 1. The van der Waals surface area contributed by atoms with Crippen LogP contribution in [0, 0.1) is 11.8 Å². The van der Waals surface area contributed by atoms with Crippen molar-refractivity contribution in [2.24, 2.45) is 11.8 Å². The van der Waals surface area contributed by atoms with Crippen LogP contribution < -0.4 is 0 Å². The van der Waals surface area contributed by atoms with Crippen molar-refractivity contribution < 1.29 is 14.7 Å². The zero-order chi connectivity index (χ0) is 15.5. The van der Waals surface area contributed by atoms with Crippen LogP contribution in [-0.2, 0) is 22.4 Å². The highest BCUT2D eigenvalue weighted by Gasteiger charge is 2.29. The van der Waals surface area contributed by atoms with Crippen molar-refractivity contribution in [1.29, 1.82) is 0 Å². The number of carbonyl (C=O) groups is 2. The number of hydrogen-bond acceptors (Lipinski definition) is 2. The summed E-state index contributed by atoms with van der Waals surface area (Å²) in [5, 5.41) is 9.01. The monoisotopic (exact) mass is 301 g/mol. The summed E-state index contributed by atoms with van der Waals surface area (Å²) in [6.45, 7) is 1.19. The lowest BCUT2D eigenvalue weighted by atomic mass is 9.82. The molecule has 4 nitrogen and oxygen atoms in total. The molecule has 0 spiro atoms. The highest BCUT2D eigenvalue weighted by atomic mass is 16.4. The molecule has 1 unspecified atom stereocenters. The van der Waals surface area contributed by atoms with Gasteiger partial charge in [-0.05, 0) is 49.1 Å². The summed E-state index contributed by atoms with van der Waals surface area (Å²) in [7, 11) is 0. The first-order valence-electron chi connectivity index (χ1n) is 8.21. The van der Waals surface area contributed by atoms with Gasteiger partial charge in [0.05, 0.1) is 5.92 Å². The second-order valence-electron chi connectivity index (χ2n) is 6.57. The van der Waals surface area contributed by atoms with Crippen molar-refractivity contribution >= 4 is 11.9 Å². The van der Waals surface area contributed by atoms with Gasteiger partial charge >= 0.3 is 5.97 Å². The van der Waals surface area contributed by atoms with Gasteiger partial charge < -0.3 is 10.0 Å². The quantitative estimate of drug-likeness (QED) is 0.933. The number of hydrogen-bond donors (Lipinski definition) is 1. The van der Waals surface area contributed by atoms with E-state index >= 15 is 0 Å². The molecule has 1 heterocycles. The topological polar surface area (TPSA) is 57.6 Å². The molecule has 1 aromatic rings. The Kier molecular flexibility index (Phi) is 4.46. The highest BCUT2D eigenvalue weighted by Crippen LogP contribution is 2.28. The van der Waals surface area contributed by atoms with E-state index in [-0.39, 0.29) is 11.8 Å². The second-order valence-corrected chi connectivity index (χ2v) is 6.57. The molecule has 3 rings (SSSR count). The predicted octanol–water partition coefficient (Wildman–Crippen LogP) is 2.50. The predicted molar refractivity (Wildman–Crippen MR) is 83.5 cm³/mol. The highest BCUT2D eigenvalue weighted by molar-refractivity contribution is 5.77. The van der Waals surface area contributed by atoms with Gasteiger partial charge in [-0.25, -0.2) is 0 Å². The molecule has 0 aromatic heterocycles. The van der Waals surface area contributed by atoms with Crippen LogP contribution in [0.4, 0.5) is 0 Å². The summed E-state index contributed by atoms with van der Waals surface area (Å²) < 4.78 is 0. The van der Waals surface area contributed by atoms with Gasteiger partial charge in [0, 0.05) is 19.5 Å². The fraction of sp³-hybridized carbons (Fsp3) is 0.556. The molecule has 0 bridgehead atoms. The molecule has 118 valence electrons. The third-order valence-corrected chi connectivity index (χ3v) is 5.11. The zero-order valence-corrected chi connectivity index (χ0v) is 12.8. The Morgan fingerprint density at radius 2 is 1.77 bits per heavy atom. The lowest BCUT2D eigenvalue weighted by Gasteiger charge is -2.32. The lowest BCUT2D eigenvalue weighted by Crippen LogP contribution is -2.41. The number of carboxylic acid groups (broad SMARTS) is 1. The van der Waals surface area contributed by atoms with E-state index in [0.29, 0.717) is 38.3 Å². The van der Waals surface area contributed by atoms with Crippen molar-refractivity contribution in [3.8, 4) is 0 Å². The van der Waals surface area contributed by atoms with E-state index in [0.717, 1.165) is 19.3 Å². The average Bonchev–Trinajstić information content (AvgIpc) is 2.55. The zero-order valence-electron chi connectivity index (χ0n) is 12.8. The first-order chi connectivity index (χ1) is 10.6. The van der Waals surface area contributed by atoms with Gasteiger partial charge in [-0.2, -0.15) is 0 Å². The maximum absolute atomic E-state index is 12.4. The summed E-state index contributed by atoms with van der Waals surface area (Å²) >= 11 is 0. The Morgan fingerprint density at radius 3 is 2.45 bits per heavy atom. The number of amides is 1. The summed E-state index contributed by atoms with van der Waals surface area (Å²) in [5.41, 5.74) is 2.81. The van der Waals surface area contributed by atoms with Crippen LogP contribution in [0.25, 0.3) is 0 Å². The number of fused-ring (bicyclic) bond motifs is 1. The fourth-order valence-corrected chi connectivity index (χ4v) is 3.70. The maximum atomic E-state index is 12.4.